The molecule has 1 N–H and O–H groups in total. The van der Waals surface area contributed by atoms with E-state index in [1.807, 2.05) is 24.3 Å². The average molecular weight is 377 g/mol. The summed E-state index contributed by atoms with van der Waals surface area (Å²) < 4.78 is 33.8. The first-order chi connectivity index (χ1) is 12.3. The first kappa shape index (κ1) is 19.1. The molecule has 3 rings (SSSR count). The highest BCUT2D eigenvalue weighted by Gasteiger charge is 2.27. The molecular weight excluding hydrogens is 348 g/mol. The Morgan fingerprint density at radius 2 is 1.77 bits per heavy atom. The van der Waals surface area contributed by atoms with Crippen LogP contribution in [0.3, 0.4) is 0 Å². The van der Waals surface area contributed by atoms with Crippen LogP contribution >= 0.6 is 0 Å². The number of hydrogen-bond acceptors (Lipinski definition) is 4. The maximum absolute atomic E-state index is 12.7. The van der Waals surface area contributed by atoms with Crippen LogP contribution in [0, 0.1) is 0 Å². The molecule has 0 radical (unpaired) electrons. The van der Waals surface area contributed by atoms with Crippen molar-refractivity contribution in [2.75, 3.05) is 19.6 Å². The molecule has 1 aromatic heterocycles. The fourth-order valence-electron chi connectivity index (χ4n) is 3.35. The monoisotopic (exact) mass is 376 g/mol. The number of likely N-dealkylation sites (tertiary alicyclic amines) is 1. The molecule has 2 aromatic rings. The Hall–Kier alpha value is -1.63. The Morgan fingerprint density at radius 1 is 1.12 bits per heavy atom. The third-order valence-electron chi connectivity index (χ3n) is 4.95. The molecule has 142 valence electrons. The molecule has 0 aliphatic carbocycles. The second kappa shape index (κ2) is 7.55. The zero-order valence-electron chi connectivity index (χ0n) is 15.7. The predicted octanol–water partition coefficient (Wildman–Crippen LogP) is 3.69. The van der Waals surface area contributed by atoms with E-state index in [0.29, 0.717) is 11.4 Å². The van der Waals surface area contributed by atoms with Gasteiger partial charge in [-0.15, -0.1) is 0 Å². The summed E-state index contributed by atoms with van der Waals surface area (Å²) in [7, 11) is -3.56. The summed E-state index contributed by atoms with van der Waals surface area (Å²) in [4.78, 5) is 2.58. The van der Waals surface area contributed by atoms with Crippen LogP contribution in [0.15, 0.2) is 52.0 Å². The summed E-state index contributed by atoms with van der Waals surface area (Å²) in [5.74, 6) is 0.803. The number of hydrogen-bond donors (Lipinski definition) is 1. The quantitative estimate of drug-likeness (QED) is 0.835. The molecule has 0 bridgehead atoms. The zero-order chi connectivity index (χ0) is 18.8. The molecule has 26 heavy (non-hydrogen) atoms. The molecule has 1 aliphatic rings. The molecule has 0 spiro atoms. The van der Waals surface area contributed by atoms with Gasteiger partial charge in [-0.3, -0.25) is 4.90 Å². The molecule has 1 aromatic carbocycles. The van der Waals surface area contributed by atoms with E-state index in [1.165, 1.54) is 0 Å². The third kappa shape index (κ3) is 4.37. The molecule has 5 nitrogen and oxygen atoms in total. The number of benzene rings is 1. The van der Waals surface area contributed by atoms with Crippen molar-refractivity contribution in [3.05, 3.63) is 54.0 Å². The van der Waals surface area contributed by atoms with Crippen molar-refractivity contribution < 1.29 is 12.8 Å². The maximum Gasteiger partial charge on any atom is 0.240 e. The van der Waals surface area contributed by atoms with E-state index < -0.39 is 10.0 Å². The van der Waals surface area contributed by atoms with Gasteiger partial charge in [0.1, 0.15) is 5.76 Å². The Kier molecular flexibility index (Phi) is 5.55. The fourth-order valence-corrected chi connectivity index (χ4v) is 4.39. The normalized spacial score (nSPS) is 17.5. The summed E-state index contributed by atoms with van der Waals surface area (Å²) in [5, 5.41) is 0. The van der Waals surface area contributed by atoms with Gasteiger partial charge < -0.3 is 4.42 Å². The third-order valence-corrected chi connectivity index (χ3v) is 6.39. The van der Waals surface area contributed by atoms with Crippen molar-refractivity contribution in [2.24, 2.45) is 0 Å². The lowest BCUT2D eigenvalue weighted by Crippen LogP contribution is -2.36. The largest absolute Gasteiger partial charge is 0.468 e. The molecule has 0 saturated carbocycles. The SMILES string of the molecule is CC(C)(C)c1ccc(S(=O)(=O)NCC(c2ccco2)N2CCCC2)cc1. The van der Waals surface area contributed by atoms with E-state index >= 15 is 0 Å². The lowest BCUT2D eigenvalue weighted by atomic mass is 9.87. The van der Waals surface area contributed by atoms with Gasteiger partial charge in [0.05, 0.1) is 17.2 Å². The van der Waals surface area contributed by atoms with E-state index in [9.17, 15) is 8.42 Å². The smallest absolute Gasteiger partial charge is 0.240 e. The van der Waals surface area contributed by atoms with E-state index in [2.05, 4.69) is 30.4 Å². The molecule has 1 atom stereocenters. The average Bonchev–Trinajstić information content (AvgIpc) is 3.28. The van der Waals surface area contributed by atoms with Gasteiger partial charge in [-0.1, -0.05) is 32.9 Å². The Balaban J connectivity index is 1.73. The van der Waals surface area contributed by atoms with Gasteiger partial charge in [0.2, 0.25) is 10.0 Å². The molecule has 1 aliphatic heterocycles. The predicted molar refractivity (Wildman–Crippen MR) is 103 cm³/mol. The summed E-state index contributed by atoms with van der Waals surface area (Å²) in [6, 6.07) is 10.8. The second-order valence-electron chi connectivity index (χ2n) is 7.90. The van der Waals surface area contributed by atoms with Crippen molar-refractivity contribution in [2.45, 2.75) is 50.0 Å². The van der Waals surface area contributed by atoms with Crippen molar-refractivity contribution >= 4 is 10.0 Å². The fraction of sp³-hybridized carbons (Fsp3) is 0.500. The number of nitrogens with zero attached hydrogens (tertiary/aromatic N) is 1. The van der Waals surface area contributed by atoms with Gasteiger partial charge in [-0.05, 0) is 61.2 Å². The van der Waals surface area contributed by atoms with Crippen LogP contribution in [-0.2, 0) is 15.4 Å². The second-order valence-corrected chi connectivity index (χ2v) is 9.67. The van der Waals surface area contributed by atoms with Gasteiger partial charge in [0.25, 0.3) is 0 Å². The lowest BCUT2D eigenvalue weighted by Gasteiger charge is -2.26. The van der Waals surface area contributed by atoms with Gasteiger partial charge in [-0.2, -0.15) is 0 Å². The standard InChI is InChI=1S/C20H28N2O3S/c1-20(2,3)16-8-10-17(11-9-16)26(23,24)21-15-18(19-7-6-14-25-19)22-12-4-5-13-22/h6-11,14,18,21H,4-5,12-13,15H2,1-3H3. The summed E-state index contributed by atoms with van der Waals surface area (Å²) >= 11 is 0. The van der Waals surface area contributed by atoms with Crippen molar-refractivity contribution in [1.82, 2.24) is 9.62 Å². The van der Waals surface area contributed by atoms with E-state index in [-0.39, 0.29) is 11.5 Å². The van der Waals surface area contributed by atoms with Crippen LogP contribution in [0.1, 0.15) is 51.0 Å². The minimum absolute atomic E-state index is 0.00411. The highest BCUT2D eigenvalue weighted by Crippen LogP contribution is 2.26. The maximum atomic E-state index is 12.7. The van der Waals surface area contributed by atoms with Crippen LogP contribution in [0.4, 0.5) is 0 Å². The number of furan rings is 1. The zero-order valence-corrected chi connectivity index (χ0v) is 16.6. The summed E-state index contributed by atoms with van der Waals surface area (Å²) in [6.07, 6.45) is 3.91. The highest BCUT2D eigenvalue weighted by molar-refractivity contribution is 7.89. The van der Waals surface area contributed by atoms with Gasteiger partial charge in [0.15, 0.2) is 0 Å². The van der Waals surface area contributed by atoms with Crippen molar-refractivity contribution in [3.63, 3.8) is 0 Å². The van der Waals surface area contributed by atoms with Crippen molar-refractivity contribution in [1.29, 1.82) is 0 Å². The highest BCUT2D eigenvalue weighted by atomic mass is 32.2. The van der Waals surface area contributed by atoms with Crippen LogP contribution in [-0.4, -0.2) is 33.0 Å². The van der Waals surface area contributed by atoms with Gasteiger partial charge >= 0.3 is 0 Å². The molecule has 6 heteroatoms. The van der Waals surface area contributed by atoms with Crippen LogP contribution < -0.4 is 4.72 Å². The molecule has 2 heterocycles. The van der Waals surface area contributed by atoms with E-state index in [4.69, 9.17) is 4.42 Å². The molecular formula is C20H28N2O3S. The first-order valence-corrected chi connectivity index (χ1v) is 10.6. The van der Waals surface area contributed by atoms with E-state index in [1.54, 1.807) is 18.4 Å². The Labute approximate surface area is 156 Å². The minimum Gasteiger partial charge on any atom is -0.468 e. The number of rotatable bonds is 6. The lowest BCUT2D eigenvalue weighted by molar-refractivity contribution is 0.216. The number of sulfonamides is 1. The first-order valence-electron chi connectivity index (χ1n) is 9.15. The minimum atomic E-state index is -3.56. The topological polar surface area (TPSA) is 62.6 Å². The van der Waals surface area contributed by atoms with Gasteiger partial charge in [0, 0.05) is 6.54 Å². The molecule has 0 amide bonds. The van der Waals surface area contributed by atoms with Crippen LogP contribution in [0.25, 0.3) is 0 Å². The number of nitrogens with one attached hydrogen (secondary N) is 1. The summed E-state index contributed by atoms with van der Waals surface area (Å²) in [6.45, 7) is 8.56. The molecule has 1 fully saturated rings. The van der Waals surface area contributed by atoms with Crippen LogP contribution in [0.5, 0.6) is 0 Å². The Bertz CT molecular complexity index is 800. The Morgan fingerprint density at radius 3 is 2.31 bits per heavy atom. The van der Waals surface area contributed by atoms with Gasteiger partial charge in [-0.25, -0.2) is 13.1 Å². The summed E-state index contributed by atoms with van der Waals surface area (Å²) in [5.41, 5.74) is 1.11. The molecule has 1 unspecified atom stereocenters. The van der Waals surface area contributed by atoms with Crippen LogP contribution in [0.2, 0.25) is 0 Å². The van der Waals surface area contributed by atoms with Crippen molar-refractivity contribution in [3.8, 4) is 0 Å². The molecule has 1 saturated heterocycles. The van der Waals surface area contributed by atoms with E-state index in [0.717, 1.165) is 37.3 Å².